The van der Waals surface area contributed by atoms with Crippen LogP contribution in [-0.2, 0) is 0 Å². The van der Waals surface area contributed by atoms with Gasteiger partial charge >= 0.3 is 0 Å². The average Bonchev–Trinajstić information content (AvgIpc) is 2.70. The highest BCUT2D eigenvalue weighted by atomic mass is 15.2. The fourth-order valence-corrected chi connectivity index (χ4v) is 3.50. The molecule has 2 fully saturated rings. The molecule has 3 nitrogen and oxygen atoms in total. The van der Waals surface area contributed by atoms with Gasteiger partial charge in [0.1, 0.15) is 0 Å². The number of hydrogen-bond acceptors (Lipinski definition) is 3. The molecule has 0 radical (unpaired) electrons. The molecule has 2 heterocycles. The molecule has 2 aliphatic rings. The van der Waals surface area contributed by atoms with Crippen molar-refractivity contribution < 1.29 is 0 Å². The molecule has 0 aromatic heterocycles. The van der Waals surface area contributed by atoms with E-state index in [1.807, 2.05) is 0 Å². The molecular weight excluding hydrogens is 234 g/mol. The van der Waals surface area contributed by atoms with Crippen LogP contribution in [0, 0.1) is 0 Å². The second-order valence-electron chi connectivity index (χ2n) is 6.42. The van der Waals surface area contributed by atoms with Gasteiger partial charge in [0.25, 0.3) is 0 Å². The Morgan fingerprint density at radius 1 is 1.00 bits per heavy atom. The van der Waals surface area contributed by atoms with Gasteiger partial charge in [-0.25, -0.2) is 0 Å². The molecule has 0 spiro atoms. The zero-order chi connectivity index (χ0) is 13.5. The zero-order valence-corrected chi connectivity index (χ0v) is 13.0. The van der Waals surface area contributed by atoms with Crippen molar-refractivity contribution in [2.24, 2.45) is 0 Å². The molecule has 0 bridgehead atoms. The Labute approximate surface area is 119 Å². The van der Waals surface area contributed by atoms with Crippen LogP contribution in [0.4, 0.5) is 0 Å². The van der Waals surface area contributed by atoms with Crippen LogP contribution in [0.5, 0.6) is 0 Å². The first-order valence-electron chi connectivity index (χ1n) is 8.49. The van der Waals surface area contributed by atoms with E-state index in [4.69, 9.17) is 0 Å². The van der Waals surface area contributed by atoms with Crippen molar-refractivity contribution in [1.29, 1.82) is 0 Å². The molecule has 3 heteroatoms. The highest BCUT2D eigenvalue weighted by Gasteiger charge is 2.19. The molecule has 2 atom stereocenters. The summed E-state index contributed by atoms with van der Waals surface area (Å²) in [5, 5.41) is 3.83. The fraction of sp³-hybridized carbons (Fsp3) is 1.00. The van der Waals surface area contributed by atoms with Crippen LogP contribution in [0.15, 0.2) is 0 Å². The lowest BCUT2D eigenvalue weighted by molar-refractivity contribution is 0.167. The van der Waals surface area contributed by atoms with Gasteiger partial charge in [-0.2, -0.15) is 0 Å². The molecule has 0 amide bonds. The lowest BCUT2D eigenvalue weighted by atomic mass is 10.1. The summed E-state index contributed by atoms with van der Waals surface area (Å²) < 4.78 is 0. The van der Waals surface area contributed by atoms with Gasteiger partial charge in [0, 0.05) is 18.6 Å². The largest absolute Gasteiger partial charge is 0.312 e. The first kappa shape index (κ1) is 15.3. The Balaban J connectivity index is 1.66. The standard InChI is InChI=1S/C16H33N3/c1-3-18-10-7-8-16(9-13-18)17-14-15(2)19-11-5-4-6-12-19/h15-17H,3-14H2,1-2H3. The van der Waals surface area contributed by atoms with Crippen molar-refractivity contribution in [3.63, 3.8) is 0 Å². The van der Waals surface area contributed by atoms with Gasteiger partial charge in [-0.1, -0.05) is 13.3 Å². The molecule has 0 aliphatic carbocycles. The number of likely N-dealkylation sites (tertiary alicyclic amines) is 2. The lowest BCUT2D eigenvalue weighted by Crippen LogP contribution is -2.45. The van der Waals surface area contributed by atoms with Gasteiger partial charge in [0.2, 0.25) is 0 Å². The predicted molar refractivity (Wildman–Crippen MR) is 82.6 cm³/mol. The SMILES string of the molecule is CCN1CCCC(NCC(C)N2CCCCC2)CC1. The van der Waals surface area contributed by atoms with Gasteiger partial charge in [-0.15, -0.1) is 0 Å². The molecule has 2 unspecified atom stereocenters. The Morgan fingerprint density at radius 2 is 1.79 bits per heavy atom. The number of nitrogens with one attached hydrogen (secondary N) is 1. The third kappa shape index (κ3) is 5.05. The van der Waals surface area contributed by atoms with E-state index < -0.39 is 0 Å². The number of hydrogen-bond donors (Lipinski definition) is 1. The summed E-state index contributed by atoms with van der Waals surface area (Å²) >= 11 is 0. The summed E-state index contributed by atoms with van der Waals surface area (Å²) in [4.78, 5) is 5.27. The van der Waals surface area contributed by atoms with Crippen LogP contribution >= 0.6 is 0 Å². The molecule has 0 saturated carbocycles. The number of piperidine rings is 1. The summed E-state index contributed by atoms with van der Waals surface area (Å²) in [5.41, 5.74) is 0. The maximum Gasteiger partial charge on any atom is 0.0192 e. The van der Waals surface area contributed by atoms with Crippen molar-refractivity contribution >= 4 is 0 Å². The highest BCUT2D eigenvalue weighted by molar-refractivity contribution is 4.78. The summed E-state index contributed by atoms with van der Waals surface area (Å²) in [6, 6.07) is 1.47. The van der Waals surface area contributed by atoms with Crippen LogP contribution in [0.3, 0.4) is 0 Å². The van der Waals surface area contributed by atoms with Gasteiger partial charge < -0.3 is 10.2 Å². The fourth-order valence-electron chi connectivity index (χ4n) is 3.50. The maximum atomic E-state index is 3.83. The zero-order valence-electron chi connectivity index (χ0n) is 13.0. The Bertz CT molecular complexity index is 238. The van der Waals surface area contributed by atoms with E-state index in [9.17, 15) is 0 Å². The van der Waals surface area contributed by atoms with Crippen LogP contribution in [0.2, 0.25) is 0 Å². The first-order chi connectivity index (χ1) is 9.29. The van der Waals surface area contributed by atoms with E-state index in [1.165, 1.54) is 77.8 Å². The molecule has 0 aromatic rings. The summed E-state index contributed by atoms with van der Waals surface area (Å²) in [6.07, 6.45) is 8.30. The minimum atomic E-state index is 0.714. The average molecular weight is 267 g/mol. The minimum Gasteiger partial charge on any atom is -0.312 e. The highest BCUT2D eigenvalue weighted by Crippen LogP contribution is 2.13. The summed E-state index contributed by atoms with van der Waals surface area (Å²) in [7, 11) is 0. The molecule has 1 N–H and O–H groups in total. The van der Waals surface area contributed by atoms with Crippen molar-refractivity contribution in [3.8, 4) is 0 Å². The summed E-state index contributed by atoms with van der Waals surface area (Å²) in [5.74, 6) is 0. The number of rotatable bonds is 5. The van der Waals surface area contributed by atoms with Crippen LogP contribution < -0.4 is 5.32 Å². The quantitative estimate of drug-likeness (QED) is 0.825. The van der Waals surface area contributed by atoms with Crippen molar-refractivity contribution in [2.75, 3.05) is 39.3 Å². The Morgan fingerprint density at radius 3 is 2.53 bits per heavy atom. The van der Waals surface area contributed by atoms with Gasteiger partial charge in [0.05, 0.1) is 0 Å². The first-order valence-corrected chi connectivity index (χ1v) is 8.49. The van der Waals surface area contributed by atoms with Crippen LogP contribution in [-0.4, -0.2) is 61.2 Å². The van der Waals surface area contributed by atoms with Crippen molar-refractivity contribution in [3.05, 3.63) is 0 Å². The van der Waals surface area contributed by atoms with Crippen molar-refractivity contribution in [2.45, 2.75) is 64.5 Å². The molecule has 2 rings (SSSR count). The molecule has 0 aromatic carbocycles. The molecule has 2 aliphatic heterocycles. The van der Waals surface area contributed by atoms with Gasteiger partial charge in [0.15, 0.2) is 0 Å². The van der Waals surface area contributed by atoms with E-state index in [-0.39, 0.29) is 0 Å². The smallest absolute Gasteiger partial charge is 0.0192 e. The number of nitrogens with zero attached hydrogens (tertiary/aromatic N) is 2. The minimum absolute atomic E-state index is 0.714. The Hall–Kier alpha value is -0.120. The third-order valence-corrected chi connectivity index (χ3v) is 4.98. The van der Waals surface area contributed by atoms with Gasteiger partial charge in [-0.3, -0.25) is 4.90 Å². The van der Waals surface area contributed by atoms with Crippen LogP contribution in [0.25, 0.3) is 0 Å². The van der Waals surface area contributed by atoms with E-state index >= 15 is 0 Å². The van der Waals surface area contributed by atoms with E-state index in [2.05, 4.69) is 29.0 Å². The lowest BCUT2D eigenvalue weighted by Gasteiger charge is -2.33. The Kier molecular flexibility index (Phi) is 6.62. The topological polar surface area (TPSA) is 18.5 Å². The van der Waals surface area contributed by atoms with Gasteiger partial charge in [-0.05, 0) is 71.8 Å². The second kappa shape index (κ2) is 8.23. The maximum absolute atomic E-state index is 3.83. The van der Waals surface area contributed by atoms with Crippen molar-refractivity contribution in [1.82, 2.24) is 15.1 Å². The molecular formula is C16H33N3. The van der Waals surface area contributed by atoms with E-state index in [1.54, 1.807) is 0 Å². The monoisotopic (exact) mass is 267 g/mol. The predicted octanol–water partition coefficient (Wildman–Crippen LogP) is 2.32. The summed E-state index contributed by atoms with van der Waals surface area (Å²) in [6.45, 7) is 12.3. The molecule has 19 heavy (non-hydrogen) atoms. The molecule has 112 valence electrons. The third-order valence-electron chi connectivity index (χ3n) is 4.98. The second-order valence-corrected chi connectivity index (χ2v) is 6.42. The molecule has 2 saturated heterocycles. The normalized spacial score (nSPS) is 29.1. The van der Waals surface area contributed by atoms with E-state index in [0.717, 1.165) is 6.04 Å². The van der Waals surface area contributed by atoms with E-state index in [0.29, 0.717) is 6.04 Å². The van der Waals surface area contributed by atoms with Crippen LogP contribution in [0.1, 0.15) is 52.4 Å².